The number of benzene rings is 1. The SMILES string of the molecule is O=C1NC(=Nc2ccccc2C(=O)[O-])S/C1=C\c1ccco1. The lowest BCUT2D eigenvalue weighted by atomic mass is 10.2. The highest BCUT2D eigenvalue weighted by Gasteiger charge is 2.24. The average molecular weight is 313 g/mol. The van der Waals surface area contributed by atoms with Gasteiger partial charge in [-0.1, -0.05) is 18.2 Å². The van der Waals surface area contributed by atoms with E-state index in [1.807, 2.05) is 0 Å². The van der Waals surface area contributed by atoms with Crippen molar-refractivity contribution in [2.24, 2.45) is 4.99 Å². The maximum atomic E-state index is 11.9. The number of aromatic carboxylic acids is 1. The molecule has 0 aliphatic carbocycles. The number of nitrogens with one attached hydrogen (secondary N) is 1. The number of aliphatic imine (C=N–C) groups is 1. The summed E-state index contributed by atoms with van der Waals surface area (Å²) >= 11 is 1.11. The number of carbonyl (C=O) groups excluding carboxylic acids is 2. The van der Waals surface area contributed by atoms with Gasteiger partial charge < -0.3 is 19.6 Å². The Labute approximate surface area is 129 Å². The molecule has 1 amide bonds. The fraction of sp³-hybridized carbons (Fsp3) is 0. The van der Waals surface area contributed by atoms with E-state index in [0.29, 0.717) is 15.8 Å². The fourth-order valence-corrected chi connectivity index (χ4v) is 2.65. The van der Waals surface area contributed by atoms with E-state index >= 15 is 0 Å². The lowest BCUT2D eigenvalue weighted by Crippen LogP contribution is -2.23. The van der Waals surface area contributed by atoms with Crippen LogP contribution in [-0.2, 0) is 4.79 Å². The Balaban J connectivity index is 1.89. The molecule has 0 saturated carbocycles. The molecule has 1 aromatic carbocycles. The smallest absolute Gasteiger partial charge is 0.264 e. The van der Waals surface area contributed by atoms with E-state index in [0.717, 1.165) is 11.8 Å². The van der Waals surface area contributed by atoms with E-state index in [1.165, 1.54) is 12.3 Å². The van der Waals surface area contributed by atoms with Crippen molar-refractivity contribution in [2.45, 2.75) is 0 Å². The number of thioether (sulfide) groups is 1. The summed E-state index contributed by atoms with van der Waals surface area (Å²) in [4.78, 5) is 27.5. The van der Waals surface area contributed by atoms with Crippen LogP contribution in [0.15, 0.2) is 57.0 Å². The number of rotatable bonds is 3. The van der Waals surface area contributed by atoms with Crippen LogP contribution >= 0.6 is 11.8 Å². The van der Waals surface area contributed by atoms with Gasteiger partial charge in [0.2, 0.25) is 0 Å². The van der Waals surface area contributed by atoms with Gasteiger partial charge in [0.25, 0.3) is 5.91 Å². The maximum Gasteiger partial charge on any atom is 0.264 e. The third-order valence-electron chi connectivity index (χ3n) is 2.81. The van der Waals surface area contributed by atoms with Crippen LogP contribution in [0.1, 0.15) is 16.1 Å². The second-order valence-electron chi connectivity index (χ2n) is 4.30. The summed E-state index contributed by atoms with van der Waals surface area (Å²) in [6.45, 7) is 0. The van der Waals surface area contributed by atoms with E-state index < -0.39 is 5.97 Å². The highest BCUT2D eigenvalue weighted by molar-refractivity contribution is 8.18. The van der Waals surface area contributed by atoms with Crippen molar-refractivity contribution < 1.29 is 19.1 Å². The second-order valence-corrected chi connectivity index (χ2v) is 5.33. The molecule has 110 valence electrons. The van der Waals surface area contributed by atoms with Crippen LogP contribution in [0.5, 0.6) is 0 Å². The molecule has 0 atom stereocenters. The Morgan fingerprint density at radius 3 is 2.82 bits per heavy atom. The Morgan fingerprint density at radius 2 is 2.09 bits per heavy atom. The highest BCUT2D eigenvalue weighted by Crippen LogP contribution is 2.29. The third-order valence-corrected chi connectivity index (χ3v) is 3.72. The number of nitrogens with zero attached hydrogens (tertiary/aromatic N) is 1. The van der Waals surface area contributed by atoms with Crippen LogP contribution in [0, 0.1) is 0 Å². The molecule has 1 aromatic heterocycles. The third kappa shape index (κ3) is 2.94. The topological polar surface area (TPSA) is 94.7 Å². The van der Waals surface area contributed by atoms with Crippen molar-refractivity contribution in [2.75, 3.05) is 0 Å². The fourth-order valence-electron chi connectivity index (χ4n) is 1.84. The van der Waals surface area contributed by atoms with Crippen molar-refractivity contribution in [3.8, 4) is 0 Å². The van der Waals surface area contributed by atoms with Crippen molar-refractivity contribution in [1.82, 2.24) is 5.32 Å². The summed E-state index contributed by atoms with van der Waals surface area (Å²) in [5.41, 5.74) is 0.192. The number of furan rings is 1. The summed E-state index contributed by atoms with van der Waals surface area (Å²) < 4.78 is 5.15. The van der Waals surface area contributed by atoms with Crippen molar-refractivity contribution >= 4 is 40.6 Å². The van der Waals surface area contributed by atoms with Gasteiger partial charge in [0.1, 0.15) is 5.76 Å². The van der Waals surface area contributed by atoms with Gasteiger partial charge in [0.05, 0.1) is 22.8 Å². The average Bonchev–Trinajstić information content (AvgIpc) is 3.10. The van der Waals surface area contributed by atoms with Gasteiger partial charge in [0.15, 0.2) is 5.17 Å². The quantitative estimate of drug-likeness (QED) is 0.867. The monoisotopic (exact) mass is 313 g/mol. The Morgan fingerprint density at radius 1 is 1.27 bits per heavy atom. The molecule has 22 heavy (non-hydrogen) atoms. The molecule has 3 rings (SSSR count). The van der Waals surface area contributed by atoms with Crippen LogP contribution in [0.25, 0.3) is 6.08 Å². The second kappa shape index (κ2) is 5.90. The van der Waals surface area contributed by atoms with Crippen LogP contribution in [0.4, 0.5) is 5.69 Å². The molecule has 0 unspecified atom stereocenters. The first kappa shape index (κ1) is 14.2. The summed E-state index contributed by atoms with van der Waals surface area (Å²) in [5.74, 6) is -1.08. The Bertz CT molecular complexity index is 794. The molecular weight excluding hydrogens is 304 g/mol. The highest BCUT2D eigenvalue weighted by atomic mass is 32.2. The van der Waals surface area contributed by atoms with Gasteiger partial charge in [-0.05, 0) is 30.0 Å². The first-order chi connectivity index (χ1) is 10.6. The van der Waals surface area contributed by atoms with Gasteiger partial charge in [-0.3, -0.25) is 4.79 Å². The van der Waals surface area contributed by atoms with E-state index in [9.17, 15) is 14.7 Å². The number of hydrogen-bond acceptors (Lipinski definition) is 6. The van der Waals surface area contributed by atoms with Crippen LogP contribution in [0.3, 0.4) is 0 Å². The molecular formula is C15H9N2O4S-. The minimum Gasteiger partial charge on any atom is -0.545 e. The van der Waals surface area contributed by atoms with E-state index in [1.54, 1.807) is 36.4 Å². The molecule has 0 bridgehead atoms. The summed E-state index contributed by atoms with van der Waals surface area (Å²) in [5, 5.41) is 13.9. The summed E-state index contributed by atoms with van der Waals surface area (Å²) in [6, 6.07) is 9.62. The van der Waals surface area contributed by atoms with Crippen LogP contribution in [-0.4, -0.2) is 17.0 Å². The molecule has 2 aromatic rings. The number of hydrogen-bond donors (Lipinski definition) is 1. The standard InChI is InChI=1S/C15H10N2O4S/c18-13-12(8-9-4-3-7-21-9)22-15(17-13)16-11-6-2-1-5-10(11)14(19)20/h1-8H,(H,19,20)(H,16,17,18)/p-1/b12-8-. The van der Waals surface area contributed by atoms with Crippen LogP contribution < -0.4 is 10.4 Å². The van der Waals surface area contributed by atoms with Crippen molar-refractivity contribution in [3.05, 3.63) is 58.9 Å². The molecule has 0 spiro atoms. The van der Waals surface area contributed by atoms with E-state index in [2.05, 4.69) is 10.3 Å². The van der Waals surface area contributed by atoms with Gasteiger partial charge in [-0.15, -0.1) is 0 Å². The molecule has 2 heterocycles. The van der Waals surface area contributed by atoms with Gasteiger partial charge in [0, 0.05) is 11.6 Å². The van der Waals surface area contributed by atoms with Gasteiger partial charge in [-0.2, -0.15) is 0 Å². The van der Waals surface area contributed by atoms with Gasteiger partial charge in [-0.25, -0.2) is 4.99 Å². The summed E-state index contributed by atoms with van der Waals surface area (Å²) in [6.07, 6.45) is 3.10. The molecule has 1 fully saturated rings. The number of carboxylic acid groups (broad SMARTS) is 1. The lowest BCUT2D eigenvalue weighted by Gasteiger charge is -2.06. The van der Waals surface area contributed by atoms with Crippen molar-refractivity contribution in [3.63, 3.8) is 0 Å². The molecule has 6 nitrogen and oxygen atoms in total. The first-order valence-electron chi connectivity index (χ1n) is 6.27. The summed E-state index contributed by atoms with van der Waals surface area (Å²) in [7, 11) is 0. The first-order valence-corrected chi connectivity index (χ1v) is 7.08. The number of para-hydroxylation sites is 1. The predicted octanol–water partition coefficient (Wildman–Crippen LogP) is 1.53. The number of amides is 1. The predicted molar refractivity (Wildman–Crippen MR) is 80.3 cm³/mol. The molecule has 1 saturated heterocycles. The molecule has 1 N–H and O–H groups in total. The van der Waals surface area contributed by atoms with E-state index in [-0.39, 0.29) is 17.2 Å². The normalized spacial score (nSPS) is 17.9. The minimum atomic E-state index is -1.32. The molecule has 1 aliphatic rings. The zero-order chi connectivity index (χ0) is 15.5. The minimum absolute atomic E-state index is 0.0340. The zero-order valence-corrected chi connectivity index (χ0v) is 11.9. The van der Waals surface area contributed by atoms with Crippen LogP contribution in [0.2, 0.25) is 0 Å². The Hall–Kier alpha value is -2.80. The molecule has 1 aliphatic heterocycles. The molecule has 7 heteroatoms. The number of carboxylic acids is 1. The zero-order valence-electron chi connectivity index (χ0n) is 11.1. The van der Waals surface area contributed by atoms with Gasteiger partial charge >= 0.3 is 0 Å². The largest absolute Gasteiger partial charge is 0.545 e. The Kier molecular flexibility index (Phi) is 3.80. The maximum absolute atomic E-state index is 11.9. The molecule has 0 radical (unpaired) electrons. The number of carbonyl (C=O) groups is 2. The lowest BCUT2D eigenvalue weighted by molar-refractivity contribution is -0.254. The number of amidine groups is 1. The van der Waals surface area contributed by atoms with Crippen molar-refractivity contribution in [1.29, 1.82) is 0 Å². The van der Waals surface area contributed by atoms with E-state index in [4.69, 9.17) is 4.42 Å².